The van der Waals surface area contributed by atoms with Gasteiger partial charge in [-0.05, 0) is 91.0 Å². The maximum absolute atomic E-state index is 14.3. The molecule has 0 unspecified atom stereocenters. The van der Waals surface area contributed by atoms with E-state index in [9.17, 15) is 95.9 Å². The lowest BCUT2D eigenvalue weighted by molar-refractivity contribution is -0.382. The van der Waals surface area contributed by atoms with Crippen molar-refractivity contribution in [3.05, 3.63) is 170 Å². The van der Waals surface area contributed by atoms with Crippen LogP contribution in [0, 0.1) is 0 Å². The molecule has 0 aromatic heterocycles. The van der Waals surface area contributed by atoms with E-state index in [1.807, 2.05) is 0 Å². The number of hydrogen-bond acceptors (Lipinski definition) is 6. The first kappa shape index (κ1) is 56.5. The fraction of sp³-hybridized carbons (Fsp3) is 0.160. The van der Waals surface area contributed by atoms with Crippen LogP contribution < -0.4 is 8.37 Å². The molecule has 0 N–H and O–H groups in total. The van der Waals surface area contributed by atoms with E-state index in [1.54, 1.807) is 121 Å². The second-order valence-electron chi connectivity index (χ2n) is 16.2. The van der Waals surface area contributed by atoms with Crippen LogP contribution >= 0.6 is 0 Å². The third-order valence-corrected chi connectivity index (χ3v) is 14.0. The molecule has 7 aromatic rings. The second-order valence-corrected chi connectivity index (χ2v) is 19.4. The van der Waals surface area contributed by atoms with Crippen LogP contribution in [0.2, 0.25) is 0 Å². The van der Waals surface area contributed by atoms with E-state index in [0.717, 1.165) is 24.3 Å². The average molecular weight is 1130 g/mol. The summed E-state index contributed by atoms with van der Waals surface area (Å²) in [5, 5.41) is -14.2. The highest BCUT2D eigenvalue weighted by Gasteiger charge is 2.87. The normalized spacial score (nSPS) is 13.6. The molecule has 0 radical (unpaired) electrons. The van der Waals surface area contributed by atoms with Crippen LogP contribution in [-0.4, -0.2) is 63.4 Å². The molecule has 7 rings (SSSR count). The van der Waals surface area contributed by atoms with Gasteiger partial charge >= 0.3 is 66.8 Å². The minimum absolute atomic E-state index is 0.227. The first-order chi connectivity index (χ1) is 35.0. The van der Waals surface area contributed by atoms with E-state index in [1.165, 1.54) is 0 Å². The molecule has 0 bridgehead atoms. The first-order valence-corrected chi connectivity index (χ1v) is 23.8. The summed E-state index contributed by atoms with van der Waals surface area (Å²) in [5.74, 6) is -32.3. The molecule has 0 aliphatic carbocycles. The maximum atomic E-state index is 14.3. The van der Waals surface area contributed by atoms with Gasteiger partial charge < -0.3 is 8.37 Å². The predicted octanol–water partition coefficient (Wildman–Crippen LogP) is 16.0. The largest absolute Gasteiger partial charge is 0.460 e. The van der Waals surface area contributed by atoms with Gasteiger partial charge in [0.25, 0.3) is 0 Å². The monoisotopic (exact) mass is 1130 g/mol. The highest BCUT2D eigenvalue weighted by atomic mass is 32.2. The summed E-state index contributed by atoms with van der Waals surface area (Å²) in [6.45, 7) is 0. The summed E-state index contributed by atoms with van der Waals surface area (Å²) in [6, 6.07) is 40.7. The van der Waals surface area contributed by atoms with Gasteiger partial charge in [-0.25, -0.2) is 0 Å². The van der Waals surface area contributed by atoms with Crippen LogP contribution in [0.1, 0.15) is 0 Å². The van der Waals surface area contributed by atoms with E-state index >= 15 is 0 Å². The lowest BCUT2D eigenvalue weighted by Crippen LogP contribution is -2.63. The molecule has 0 fully saturated rings. The number of rotatable bonds is 16. The van der Waals surface area contributed by atoms with Gasteiger partial charge in [0.15, 0.2) is 0 Å². The third kappa shape index (κ3) is 9.68. The lowest BCUT2D eigenvalue weighted by atomic mass is 9.87. The van der Waals surface area contributed by atoms with Crippen LogP contribution in [0.4, 0.5) is 79.0 Å². The van der Waals surface area contributed by atoms with Gasteiger partial charge in [0.2, 0.25) is 0 Å². The fourth-order valence-corrected chi connectivity index (χ4v) is 9.30. The van der Waals surface area contributed by atoms with Crippen LogP contribution in [0.3, 0.4) is 0 Å². The summed E-state index contributed by atoms with van der Waals surface area (Å²) < 4.78 is 299. The van der Waals surface area contributed by atoms with Gasteiger partial charge in [-0.1, -0.05) is 146 Å². The molecule has 0 spiro atoms. The molecule has 0 atom stereocenters. The van der Waals surface area contributed by atoms with Crippen molar-refractivity contribution in [2.75, 3.05) is 0 Å². The molecule has 0 saturated carbocycles. The Morgan fingerprint density at radius 2 is 0.434 bits per heavy atom. The Labute approximate surface area is 418 Å². The van der Waals surface area contributed by atoms with E-state index in [2.05, 4.69) is 8.37 Å². The summed E-state index contributed by atoms with van der Waals surface area (Å²) in [6.07, 6.45) is -14.6. The van der Waals surface area contributed by atoms with Crippen molar-refractivity contribution in [1.82, 2.24) is 0 Å². The Morgan fingerprint density at radius 1 is 0.250 bits per heavy atom. The van der Waals surface area contributed by atoms with Crippen LogP contribution in [0.25, 0.3) is 66.8 Å². The molecular formula is C50H28F18O6S2. The van der Waals surface area contributed by atoms with Crippen molar-refractivity contribution >= 4 is 20.2 Å². The second kappa shape index (κ2) is 19.4. The quantitative estimate of drug-likeness (QED) is 0.0708. The SMILES string of the molecule is O=S(=O)(Oc1ccc(-c2ccccc2-c2ccccc2-c2ccc(-c3ccccc3-c3ccccc3-c3ccc(OS(=O)(=O)C(F)(F)C(F)(F)C(F)(F)C(F)(F)F)cc3)cc2)cc1)C(F)(F)C(F)(F)C(F)(F)C(F)(F)F. The predicted molar refractivity (Wildman–Crippen MR) is 240 cm³/mol. The van der Waals surface area contributed by atoms with Gasteiger partial charge in [-0.15, -0.1) is 0 Å². The Hall–Kier alpha value is -7.22. The molecule has 0 amide bonds. The van der Waals surface area contributed by atoms with E-state index < -0.39 is 78.3 Å². The van der Waals surface area contributed by atoms with Crippen LogP contribution in [0.5, 0.6) is 11.5 Å². The number of hydrogen-bond donors (Lipinski definition) is 0. The smallest absolute Gasteiger partial charge is 0.378 e. The Balaban J connectivity index is 1.14. The number of halogens is 18. The number of alkyl halides is 18. The highest BCUT2D eigenvalue weighted by Crippen LogP contribution is 2.57. The van der Waals surface area contributed by atoms with Crippen molar-refractivity contribution in [1.29, 1.82) is 0 Å². The zero-order valence-corrected chi connectivity index (χ0v) is 38.9. The van der Waals surface area contributed by atoms with Crippen LogP contribution in [0.15, 0.2) is 170 Å². The summed E-state index contributed by atoms with van der Waals surface area (Å²) >= 11 is 0. The van der Waals surface area contributed by atoms with E-state index in [0.29, 0.717) is 79.9 Å². The van der Waals surface area contributed by atoms with Gasteiger partial charge in [0, 0.05) is 0 Å². The van der Waals surface area contributed by atoms with E-state index in [4.69, 9.17) is 0 Å². The Kier molecular flexibility index (Phi) is 14.4. The molecule has 7 aromatic carbocycles. The maximum Gasteiger partial charge on any atom is 0.460 e. The highest BCUT2D eigenvalue weighted by molar-refractivity contribution is 7.88. The van der Waals surface area contributed by atoms with Crippen molar-refractivity contribution < 1.29 is 104 Å². The van der Waals surface area contributed by atoms with Crippen molar-refractivity contribution in [2.45, 2.75) is 46.6 Å². The standard InChI is InChI=1S/C50H28F18O6S2/c51-43(52,47(59,60)61)45(55,56)49(65,66)75(69,70)73-33-25-21-31(22-26-33)37-11-3-7-15-41(37)39-13-5-1-9-35(39)29-17-19-30(20-18-29)36-10-2-6-14-40(36)42-16-8-4-12-38(42)32-23-27-34(28-24-32)74-76(71,72)50(67,68)46(57,58)44(53,54)48(62,63)64/h1-28H. The molecule has 0 saturated heterocycles. The molecule has 76 heavy (non-hydrogen) atoms. The van der Waals surface area contributed by atoms with Crippen molar-refractivity contribution in [2.24, 2.45) is 0 Å². The molecule has 402 valence electrons. The topological polar surface area (TPSA) is 86.7 Å². The van der Waals surface area contributed by atoms with Gasteiger partial charge in [0.1, 0.15) is 11.5 Å². The summed E-state index contributed by atoms with van der Waals surface area (Å²) in [5.41, 5.74) is 5.97. The third-order valence-electron chi connectivity index (χ3n) is 11.4. The van der Waals surface area contributed by atoms with Crippen molar-refractivity contribution in [3.63, 3.8) is 0 Å². The van der Waals surface area contributed by atoms with Gasteiger partial charge in [-0.2, -0.15) is 95.9 Å². The zero-order valence-electron chi connectivity index (χ0n) is 37.2. The average Bonchev–Trinajstić information content (AvgIpc) is 3.36. The molecular weight excluding hydrogens is 1100 g/mol. The zero-order chi connectivity index (χ0) is 56.3. The molecule has 6 nitrogen and oxygen atoms in total. The van der Waals surface area contributed by atoms with Gasteiger partial charge in [-0.3, -0.25) is 0 Å². The molecule has 26 heteroatoms. The molecule has 0 aliphatic heterocycles. The summed E-state index contributed by atoms with van der Waals surface area (Å²) in [4.78, 5) is 0. The fourth-order valence-electron chi connectivity index (χ4n) is 7.48. The van der Waals surface area contributed by atoms with Crippen molar-refractivity contribution in [3.8, 4) is 78.3 Å². The minimum atomic E-state index is -7.50. The minimum Gasteiger partial charge on any atom is -0.378 e. The Morgan fingerprint density at radius 3 is 0.632 bits per heavy atom. The van der Waals surface area contributed by atoms with Gasteiger partial charge in [0.05, 0.1) is 0 Å². The summed E-state index contributed by atoms with van der Waals surface area (Å²) in [7, 11) is -14.4. The Bertz CT molecular complexity index is 3260. The first-order valence-electron chi connectivity index (χ1n) is 21.0. The number of benzene rings is 7. The molecule has 0 heterocycles. The van der Waals surface area contributed by atoms with E-state index in [-0.39, 0.29) is 11.1 Å². The lowest BCUT2D eigenvalue weighted by Gasteiger charge is -2.32. The van der Waals surface area contributed by atoms with Crippen LogP contribution in [-0.2, 0) is 20.2 Å². The molecule has 0 aliphatic rings.